The van der Waals surface area contributed by atoms with Gasteiger partial charge in [-0.3, -0.25) is 0 Å². The van der Waals surface area contributed by atoms with Crippen LogP contribution in [-0.4, -0.2) is 50.2 Å². The van der Waals surface area contributed by atoms with E-state index in [1.807, 2.05) is 47.4 Å². The van der Waals surface area contributed by atoms with Crippen LogP contribution in [0.25, 0.3) is 0 Å². The van der Waals surface area contributed by atoms with Crippen molar-refractivity contribution in [2.45, 2.75) is 19.8 Å². The third-order valence-corrected chi connectivity index (χ3v) is 5.02. The highest BCUT2D eigenvalue weighted by atomic mass is 16.5. The third kappa shape index (κ3) is 4.44. The van der Waals surface area contributed by atoms with E-state index in [0.29, 0.717) is 37.7 Å². The van der Waals surface area contributed by atoms with Crippen molar-refractivity contribution in [2.24, 2.45) is 0 Å². The van der Waals surface area contributed by atoms with Crippen molar-refractivity contribution in [1.29, 1.82) is 0 Å². The van der Waals surface area contributed by atoms with Gasteiger partial charge in [0.2, 0.25) is 0 Å². The number of benzene rings is 2. The van der Waals surface area contributed by atoms with E-state index in [1.54, 1.807) is 6.07 Å². The average Bonchev–Trinajstić information content (AvgIpc) is 2.73. The number of ether oxygens (including phenoxy) is 1. The van der Waals surface area contributed by atoms with Crippen molar-refractivity contribution >= 4 is 23.4 Å². The second-order valence-electron chi connectivity index (χ2n) is 7.19. The molecule has 2 amide bonds. The van der Waals surface area contributed by atoms with Gasteiger partial charge >= 0.3 is 12.0 Å². The number of piperazine rings is 1. The van der Waals surface area contributed by atoms with Crippen LogP contribution < -0.4 is 10.2 Å². The van der Waals surface area contributed by atoms with Crippen LogP contribution in [-0.2, 0) is 4.74 Å². The second kappa shape index (κ2) is 8.78. The maximum absolute atomic E-state index is 12.7. The monoisotopic (exact) mass is 381 g/mol. The highest BCUT2D eigenvalue weighted by Gasteiger charge is 2.22. The summed E-state index contributed by atoms with van der Waals surface area (Å²) < 4.78 is 4.79. The number of esters is 1. The summed E-state index contributed by atoms with van der Waals surface area (Å²) in [5.74, 6) is -0.000818. The first-order valence-electron chi connectivity index (χ1n) is 9.57. The van der Waals surface area contributed by atoms with E-state index in [-0.39, 0.29) is 12.0 Å². The molecule has 0 aromatic heterocycles. The number of rotatable bonds is 4. The van der Waals surface area contributed by atoms with Gasteiger partial charge in [-0.2, -0.15) is 0 Å². The Hall–Kier alpha value is -3.02. The first-order valence-corrected chi connectivity index (χ1v) is 9.57. The Morgan fingerprint density at radius 2 is 1.71 bits per heavy atom. The van der Waals surface area contributed by atoms with Gasteiger partial charge in [-0.05, 0) is 35.7 Å². The lowest BCUT2D eigenvalue weighted by Gasteiger charge is -2.36. The fraction of sp³-hybridized carbons (Fsp3) is 0.364. The molecular weight excluding hydrogens is 354 g/mol. The summed E-state index contributed by atoms with van der Waals surface area (Å²) in [4.78, 5) is 28.4. The molecule has 28 heavy (non-hydrogen) atoms. The molecule has 148 valence electrons. The van der Waals surface area contributed by atoms with Crippen LogP contribution in [0.15, 0.2) is 48.5 Å². The molecule has 1 saturated heterocycles. The van der Waals surface area contributed by atoms with Crippen molar-refractivity contribution in [1.82, 2.24) is 4.90 Å². The number of anilines is 2. The fourth-order valence-corrected chi connectivity index (χ4v) is 3.42. The van der Waals surface area contributed by atoms with Crippen LogP contribution in [0.1, 0.15) is 35.7 Å². The molecule has 0 atom stereocenters. The number of carbonyl (C=O) groups excluding carboxylic acids is 2. The number of carbonyl (C=O) groups is 2. The summed E-state index contributed by atoms with van der Waals surface area (Å²) in [7, 11) is 1.38. The molecule has 3 rings (SSSR count). The Morgan fingerprint density at radius 3 is 2.39 bits per heavy atom. The number of hydrogen-bond acceptors (Lipinski definition) is 4. The number of amides is 2. The second-order valence-corrected chi connectivity index (χ2v) is 7.19. The minimum atomic E-state index is -0.344. The molecule has 2 aromatic carbocycles. The first kappa shape index (κ1) is 19.7. The molecule has 1 heterocycles. The Kier molecular flexibility index (Phi) is 6.19. The molecule has 0 bridgehead atoms. The normalized spacial score (nSPS) is 14.1. The van der Waals surface area contributed by atoms with Crippen molar-refractivity contribution in [3.8, 4) is 0 Å². The van der Waals surface area contributed by atoms with Crippen LogP contribution in [0.4, 0.5) is 16.2 Å². The lowest BCUT2D eigenvalue weighted by molar-refractivity contribution is 0.0600. The van der Waals surface area contributed by atoms with Crippen molar-refractivity contribution in [3.05, 3.63) is 59.7 Å². The molecule has 0 radical (unpaired) electrons. The Balaban J connectivity index is 1.61. The van der Waals surface area contributed by atoms with Crippen LogP contribution in [0.2, 0.25) is 0 Å². The van der Waals surface area contributed by atoms with E-state index in [0.717, 1.165) is 16.9 Å². The van der Waals surface area contributed by atoms with Gasteiger partial charge < -0.3 is 19.9 Å². The number of nitrogens with zero attached hydrogens (tertiary/aromatic N) is 2. The Labute approximate surface area is 166 Å². The quantitative estimate of drug-likeness (QED) is 0.815. The van der Waals surface area contributed by atoms with Gasteiger partial charge in [0, 0.05) is 37.6 Å². The molecule has 6 heteroatoms. The maximum atomic E-state index is 12.7. The van der Waals surface area contributed by atoms with Crippen LogP contribution in [0.5, 0.6) is 0 Å². The molecule has 0 saturated carbocycles. The van der Waals surface area contributed by atoms with E-state index in [9.17, 15) is 9.59 Å². The Morgan fingerprint density at radius 1 is 1.00 bits per heavy atom. The molecule has 0 spiro atoms. The average molecular weight is 381 g/mol. The van der Waals surface area contributed by atoms with E-state index >= 15 is 0 Å². The molecular formula is C22H27N3O3. The van der Waals surface area contributed by atoms with Crippen molar-refractivity contribution in [2.75, 3.05) is 43.5 Å². The van der Waals surface area contributed by atoms with E-state index in [1.165, 1.54) is 7.11 Å². The molecule has 1 aliphatic rings. The summed E-state index contributed by atoms with van der Waals surface area (Å²) in [6, 6.07) is 15.3. The van der Waals surface area contributed by atoms with Crippen molar-refractivity contribution < 1.29 is 14.3 Å². The maximum Gasteiger partial charge on any atom is 0.337 e. The van der Waals surface area contributed by atoms with Gasteiger partial charge in [-0.25, -0.2) is 9.59 Å². The molecule has 2 aromatic rings. The largest absolute Gasteiger partial charge is 0.465 e. The van der Waals surface area contributed by atoms with Crippen LogP contribution >= 0.6 is 0 Å². The summed E-state index contributed by atoms with van der Waals surface area (Å²) in [5.41, 5.74) is 3.50. The van der Waals surface area contributed by atoms with E-state index in [2.05, 4.69) is 24.1 Å². The molecule has 0 unspecified atom stereocenters. The topological polar surface area (TPSA) is 61.9 Å². The van der Waals surface area contributed by atoms with Gasteiger partial charge in [0.25, 0.3) is 0 Å². The SMILES string of the molecule is COC(=O)c1cccc(N2CCN(C(=O)Nc3ccccc3C(C)C)CC2)c1. The molecule has 1 aliphatic heterocycles. The predicted molar refractivity (Wildman–Crippen MR) is 111 cm³/mol. The minimum absolute atomic E-state index is 0.0731. The number of urea groups is 1. The van der Waals surface area contributed by atoms with Gasteiger partial charge in [-0.15, -0.1) is 0 Å². The summed E-state index contributed by atoms with van der Waals surface area (Å²) in [6.45, 7) is 6.91. The van der Waals surface area contributed by atoms with Gasteiger partial charge in [0.05, 0.1) is 12.7 Å². The lowest BCUT2D eigenvalue weighted by atomic mass is 10.0. The number of para-hydroxylation sites is 1. The van der Waals surface area contributed by atoms with Gasteiger partial charge in [-0.1, -0.05) is 38.1 Å². The van der Waals surface area contributed by atoms with Crippen LogP contribution in [0, 0.1) is 0 Å². The van der Waals surface area contributed by atoms with Gasteiger partial charge in [0.1, 0.15) is 0 Å². The van der Waals surface area contributed by atoms with Gasteiger partial charge in [0.15, 0.2) is 0 Å². The highest BCUT2D eigenvalue weighted by molar-refractivity contribution is 5.91. The summed E-state index contributed by atoms with van der Waals surface area (Å²) in [6.07, 6.45) is 0. The molecule has 0 aliphatic carbocycles. The first-order chi connectivity index (χ1) is 13.5. The number of methoxy groups -OCH3 is 1. The predicted octanol–water partition coefficient (Wildman–Crippen LogP) is 3.95. The zero-order valence-corrected chi connectivity index (χ0v) is 16.6. The molecule has 1 N–H and O–H groups in total. The lowest BCUT2D eigenvalue weighted by Crippen LogP contribution is -2.50. The zero-order valence-electron chi connectivity index (χ0n) is 16.6. The fourth-order valence-electron chi connectivity index (χ4n) is 3.42. The number of hydrogen-bond donors (Lipinski definition) is 1. The van der Waals surface area contributed by atoms with E-state index in [4.69, 9.17) is 4.74 Å². The molecule has 6 nitrogen and oxygen atoms in total. The third-order valence-electron chi connectivity index (χ3n) is 5.02. The summed E-state index contributed by atoms with van der Waals surface area (Å²) in [5, 5.41) is 3.06. The van der Waals surface area contributed by atoms with E-state index < -0.39 is 0 Å². The smallest absolute Gasteiger partial charge is 0.337 e. The Bertz CT molecular complexity index is 842. The standard InChI is InChI=1S/C22H27N3O3/c1-16(2)19-9-4-5-10-20(19)23-22(27)25-13-11-24(12-14-25)18-8-6-7-17(15-18)21(26)28-3/h4-10,15-16H,11-14H2,1-3H3,(H,23,27). The van der Waals surface area contributed by atoms with Crippen LogP contribution in [0.3, 0.4) is 0 Å². The van der Waals surface area contributed by atoms with Crippen molar-refractivity contribution in [3.63, 3.8) is 0 Å². The molecule has 1 fully saturated rings. The minimum Gasteiger partial charge on any atom is -0.465 e. The summed E-state index contributed by atoms with van der Waals surface area (Å²) >= 11 is 0. The highest BCUT2D eigenvalue weighted by Crippen LogP contribution is 2.24. The number of nitrogens with one attached hydrogen (secondary N) is 1. The zero-order chi connectivity index (χ0) is 20.1.